The molecule has 3 heterocycles. The highest BCUT2D eigenvalue weighted by Crippen LogP contribution is 2.37. The van der Waals surface area contributed by atoms with Gasteiger partial charge in [0.2, 0.25) is 0 Å². The third-order valence-corrected chi connectivity index (χ3v) is 7.44. The van der Waals surface area contributed by atoms with Crippen molar-refractivity contribution in [3.05, 3.63) is 112 Å². The number of hydrogen-bond acceptors (Lipinski definition) is 5. The first-order valence-electron chi connectivity index (χ1n) is 13.4. The first-order chi connectivity index (χ1) is 19.4. The Labute approximate surface area is 230 Å². The van der Waals surface area contributed by atoms with E-state index >= 15 is 4.39 Å². The molecule has 1 amide bonds. The lowest BCUT2D eigenvalue weighted by Gasteiger charge is -2.21. The fourth-order valence-corrected chi connectivity index (χ4v) is 5.16. The monoisotopic (exact) mass is 536 g/mol. The maximum Gasteiger partial charge on any atom is 0.274 e. The third-order valence-electron chi connectivity index (χ3n) is 7.44. The number of nitrogens with one attached hydrogen (secondary N) is 1. The summed E-state index contributed by atoms with van der Waals surface area (Å²) >= 11 is 0. The first kappa shape index (κ1) is 25.5. The van der Waals surface area contributed by atoms with Crippen molar-refractivity contribution in [2.24, 2.45) is 5.92 Å². The Morgan fingerprint density at radius 3 is 2.77 bits per heavy atom. The van der Waals surface area contributed by atoms with Crippen LogP contribution < -0.4 is 16.6 Å². The molecule has 3 N–H and O–H groups in total. The smallest absolute Gasteiger partial charge is 0.274 e. The zero-order valence-corrected chi connectivity index (χ0v) is 22.0. The largest absolute Gasteiger partial charge is 0.383 e. The Balaban J connectivity index is 1.33. The van der Waals surface area contributed by atoms with Crippen LogP contribution in [-0.2, 0) is 0 Å². The third kappa shape index (κ3) is 5.10. The SMILES string of the molecule is Cc1cc(C(=O)Nc2cc(C(CCC3CC3)n3ccccc3=O)ccc2F)n(-c2ccc3ccnc(N)c3c2)n1. The number of nitrogens with two attached hydrogens (primary N) is 1. The summed E-state index contributed by atoms with van der Waals surface area (Å²) in [6.45, 7) is 1.79. The number of rotatable bonds is 8. The van der Waals surface area contributed by atoms with E-state index in [1.807, 2.05) is 30.3 Å². The predicted molar refractivity (Wildman–Crippen MR) is 153 cm³/mol. The highest BCUT2D eigenvalue weighted by molar-refractivity contribution is 6.04. The number of aryl methyl sites for hydroxylation is 1. The fourth-order valence-electron chi connectivity index (χ4n) is 5.16. The fraction of sp³-hybridized carbons (Fsp3) is 0.226. The molecule has 3 aromatic heterocycles. The average molecular weight is 537 g/mol. The summed E-state index contributed by atoms with van der Waals surface area (Å²) in [5.41, 5.74) is 8.25. The second kappa shape index (κ2) is 10.4. The van der Waals surface area contributed by atoms with Crippen LogP contribution >= 0.6 is 0 Å². The van der Waals surface area contributed by atoms with E-state index in [2.05, 4.69) is 15.4 Å². The van der Waals surface area contributed by atoms with Gasteiger partial charge in [0.1, 0.15) is 17.3 Å². The number of halogens is 1. The van der Waals surface area contributed by atoms with Gasteiger partial charge >= 0.3 is 0 Å². The van der Waals surface area contributed by atoms with Gasteiger partial charge in [0.15, 0.2) is 0 Å². The number of pyridine rings is 2. The summed E-state index contributed by atoms with van der Waals surface area (Å²) in [5.74, 6) is -0.0266. The summed E-state index contributed by atoms with van der Waals surface area (Å²) in [7, 11) is 0. The molecule has 2 aromatic carbocycles. The summed E-state index contributed by atoms with van der Waals surface area (Å²) in [6.07, 6.45) is 7.54. The van der Waals surface area contributed by atoms with Gasteiger partial charge in [0.25, 0.3) is 11.5 Å². The van der Waals surface area contributed by atoms with Gasteiger partial charge in [-0.3, -0.25) is 9.59 Å². The number of nitrogen functional groups attached to an aromatic ring is 1. The maximum atomic E-state index is 15.0. The quantitative estimate of drug-likeness (QED) is 0.267. The molecule has 1 unspecified atom stereocenters. The number of carbonyl (C=O) groups is 1. The van der Waals surface area contributed by atoms with Crippen LogP contribution in [0.5, 0.6) is 0 Å². The van der Waals surface area contributed by atoms with Gasteiger partial charge in [-0.05, 0) is 79.1 Å². The van der Waals surface area contributed by atoms with Crippen LogP contribution in [0, 0.1) is 18.7 Å². The van der Waals surface area contributed by atoms with Crippen LogP contribution in [0.25, 0.3) is 16.5 Å². The molecule has 9 heteroatoms. The Morgan fingerprint density at radius 2 is 1.98 bits per heavy atom. The van der Waals surface area contributed by atoms with E-state index in [0.29, 0.717) is 23.1 Å². The summed E-state index contributed by atoms with van der Waals surface area (Å²) in [4.78, 5) is 30.3. The van der Waals surface area contributed by atoms with E-state index in [1.54, 1.807) is 48.1 Å². The molecular weight excluding hydrogens is 507 g/mol. The lowest BCUT2D eigenvalue weighted by atomic mass is 9.99. The molecule has 202 valence electrons. The zero-order chi connectivity index (χ0) is 27.8. The second-order valence-electron chi connectivity index (χ2n) is 10.4. The summed E-state index contributed by atoms with van der Waals surface area (Å²) < 4.78 is 18.2. The van der Waals surface area contributed by atoms with E-state index in [1.165, 1.54) is 29.7 Å². The maximum absolute atomic E-state index is 15.0. The van der Waals surface area contributed by atoms with Crippen molar-refractivity contribution in [2.75, 3.05) is 11.1 Å². The van der Waals surface area contributed by atoms with E-state index < -0.39 is 11.7 Å². The number of amides is 1. The molecule has 0 spiro atoms. The first-order valence-corrected chi connectivity index (χ1v) is 13.4. The minimum atomic E-state index is -0.564. The molecule has 1 fully saturated rings. The Morgan fingerprint density at radius 1 is 1.12 bits per heavy atom. The number of carbonyl (C=O) groups excluding carboxylic acids is 1. The Kier molecular flexibility index (Phi) is 6.63. The number of hydrogen-bond donors (Lipinski definition) is 2. The normalized spacial score (nSPS) is 13.8. The van der Waals surface area contributed by atoms with Gasteiger partial charge < -0.3 is 15.6 Å². The van der Waals surface area contributed by atoms with Crippen LogP contribution in [0.3, 0.4) is 0 Å². The molecule has 1 aliphatic rings. The van der Waals surface area contributed by atoms with Crippen LogP contribution in [-0.4, -0.2) is 25.2 Å². The molecule has 1 aliphatic carbocycles. The molecule has 6 rings (SSSR count). The van der Waals surface area contributed by atoms with Gasteiger partial charge in [-0.25, -0.2) is 14.1 Å². The van der Waals surface area contributed by atoms with Crippen molar-refractivity contribution in [1.29, 1.82) is 0 Å². The summed E-state index contributed by atoms with van der Waals surface area (Å²) in [5, 5.41) is 8.90. The van der Waals surface area contributed by atoms with Gasteiger partial charge in [0, 0.05) is 23.8 Å². The Bertz CT molecular complexity index is 1790. The van der Waals surface area contributed by atoms with Gasteiger partial charge in [-0.2, -0.15) is 5.10 Å². The number of nitrogens with zero attached hydrogens (tertiary/aromatic N) is 4. The van der Waals surface area contributed by atoms with Crippen molar-refractivity contribution in [2.45, 2.75) is 38.6 Å². The van der Waals surface area contributed by atoms with Crippen molar-refractivity contribution in [3.8, 4) is 5.69 Å². The average Bonchev–Trinajstić information content (AvgIpc) is 3.70. The molecule has 1 atom stereocenters. The van der Waals surface area contributed by atoms with Crippen molar-refractivity contribution >= 4 is 28.2 Å². The van der Waals surface area contributed by atoms with Crippen molar-refractivity contribution < 1.29 is 9.18 Å². The molecule has 0 aliphatic heterocycles. The number of benzene rings is 2. The molecule has 0 saturated heterocycles. The highest BCUT2D eigenvalue weighted by Gasteiger charge is 2.25. The van der Waals surface area contributed by atoms with Gasteiger partial charge in [-0.15, -0.1) is 0 Å². The predicted octanol–water partition coefficient (Wildman–Crippen LogP) is 5.64. The van der Waals surface area contributed by atoms with Gasteiger partial charge in [0.05, 0.1) is 23.1 Å². The van der Waals surface area contributed by atoms with Crippen LogP contribution in [0.2, 0.25) is 0 Å². The Hall–Kier alpha value is -4.79. The molecule has 5 aromatic rings. The highest BCUT2D eigenvalue weighted by atomic mass is 19.1. The number of fused-ring (bicyclic) bond motifs is 1. The molecular formula is C31H29FN6O2. The van der Waals surface area contributed by atoms with E-state index in [0.717, 1.165) is 29.2 Å². The number of anilines is 2. The molecule has 0 bridgehead atoms. The van der Waals surface area contributed by atoms with E-state index in [-0.39, 0.29) is 23.0 Å². The second-order valence-corrected chi connectivity index (χ2v) is 10.4. The minimum absolute atomic E-state index is 0.0419. The number of aromatic nitrogens is 4. The van der Waals surface area contributed by atoms with E-state index in [4.69, 9.17) is 5.73 Å². The van der Waals surface area contributed by atoms with Crippen molar-refractivity contribution in [1.82, 2.24) is 19.3 Å². The van der Waals surface area contributed by atoms with E-state index in [9.17, 15) is 9.59 Å². The standard InChI is InChI=1S/C31H29FN6O2/c1-19-16-28(38(36-19)23-10-8-21-13-14-34-30(33)24(21)18-23)31(40)35-26-17-22(9-11-25(26)32)27(12-7-20-5-6-20)37-15-3-2-4-29(37)39/h2-4,8-11,13-18,20,27H,5-7,12H2,1H3,(H2,33,34)(H,35,40). The minimum Gasteiger partial charge on any atom is -0.383 e. The summed E-state index contributed by atoms with van der Waals surface area (Å²) in [6, 6.07) is 18.5. The lowest BCUT2D eigenvalue weighted by molar-refractivity contribution is 0.101. The molecule has 40 heavy (non-hydrogen) atoms. The van der Waals surface area contributed by atoms with Crippen LogP contribution in [0.4, 0.5) is 15.9 Å². The topological polar surface area (TPSA) is 108 Å². The molecule has 8 nitrogen and oxygen atoms in total. The van der Waals surface area contributed by atoms with Crippen LogP contribution in [0.15, 0.2) is 83.9 Å². The van der Waals surface area contributed by atoms with Crippen molar-refractivity contribution in [3.63, 3.8) is 0 Å². The molecule has 1 saturated carbocycles. The van der Waals surface area contributed by atoms with Crippen LogP contribution in [0.1, 0.15) is 53.5 Å². The zero-order valence-electron chi connectivity index (χ0n) is 22.0. The lowest BCUT2D eigenvalue weighted by Crippen LogP contribution is -2.24. The molecule has 0 radical (unpaired) electrons. The van der Waals surface area contributed by atoms with Gasteiger partial charge in [-0.1, -0.05) is 31.0 Å².